The van der Waals surface area contributed by atoms with Crippen LogP contribution in [0.1, 0.15) is 12.0 Å². The van der Waals surface area contributed by atoms with Crippen molar-refractivity contribution < 1.29 is 14.8 Å². The fourth-order valence-electron chi connectivity index (χ4n) is 2.67. The number of nitro groups is 1. The van der Waals surface area contributed by atoms with E-state index in [1.165, 1.54) is 17.0 Å². The lowest BCUT2D eigenvalue weighted by Gasteiger charge is -2.27. The molecule has 3 rings (SSSR count). The van der Waals surface area contributed by atoms with Crippen molar-refractivity contribution in [2.45, 2.75) is 6.42 Å². The minimum Gasteiger partial charge on any atom is -0.506 e. The number of rotatable bonds is 3. The van der Waals surface area contributed by atoms with Crippen LogP contribution in [0.5, 0.6) is 5.75 Å². The number of phenolic OH excluding ortho intramolecular Hbond substituents is 1. The summed E-state index contributed by atoms with van der Waals surface area (Å²) in [5.74, 6) is -0.175. The zero-order valence-electron chi connectivity index (χ0n) is 12.2. The molecule has 23 heavy (non-hydrogen) atoms. The highest BCUT2D eigenvalue weighted by Crippen LogP contribution is 2.34. The number of aromatic hydroxyl groups is 1. The molecule has 1 N–H and O–H groups in total. The fourth-order valence-corrected chi connectivity index (χ4v) is 2.67. The molecule has 1 aliphatic rings. The van der Waals surface area contributed by atoms with E-state index in [0.717, 1.165) is 0 Å². The molecule has 0 saturated carbocycles. The predicted octanol–water partition coefficient (Wildman–Crippen LogP) is 3.12. The quantitative estimate of drug-likeness (QED) is 0.697. The highest BCUT2D eigenvalue weighted by molar-refractivity contribution is 6.03. The van der Waals surface area contributed by atoms with Crippen LogP contribution in [0, 0.1) is 10.1 Å². The third-order valence-corrected chi connectivity index (χ3v) is 3.78. The molecule has 1 heterocycles. The molecule has 6 heteroatoms. The second-order valence-corrected chi connectivity index (χ2v) is 5.17. The number of nitrogens with zero attached hydrogens (tertiary/aromatic N) is 2. The number of carbonyl (C=O) groups is 1. The van der Waals surface area contributed by atoms with Gasteiger partial charge in [0, 0.05) is 12.6 Å². The van der Waals surface area contributed by atoms with E-state index in [-0.39, 0.29) is 30.3 Å². The standard InChI is InChI=1S/C17H14N2O4/c20-16-8-4-3-7-15(16)18-10-9-12(11-17(18)21)13-5-1-2-6-14(13)19(22)23/h1-9,20H,10-11H2. The molecule has 0 aliphatic carbocycles. The number of phenols is 1. The average Bonchev–Trinajstić information content (AvgIpc) is 2.55. The second kappa shape index (κ2) is 5.92. The molecule has 6 nitrogen and oxygen atoms in total. The Morgan fingerprint density at radius 1 is 1.09 bits per heavy atom. The summed E-state index contributed by atoms with van der Waals surface area (Å²) in [4.78, 5) is 24.6. The third-order valence-electron chi connectivity index (χ3n) is 3.78. The number of nitro benzene ring substituents is 1. The van der Waals surface area contributed by atoms with Gasteiger partial charge in [-0.3, -0.25) is 14.9 Å². The van der Waals surface area contributed by atoms with Gasteiger partial charge in [0.1, 0.15) is 5.75 Å². The van der Waals surface area contributed by atoms with Gasteiger partial charge in [-0.05, 0) is 23.8 Å². The summed E-state index contributed by atoms with van der Waals surface area (Å²) < 4.78 is 0. The van der Waals surface area contributed by atoms with Crippen molar-refractivity contribution in [3.8, 4) is 5.75 Å². The molecule has 0 bridgehead atoms. The maximum Gasteiger partial charge on any atom is 0.276 e. The molecule has 0 spiro atoms. The van der Waals surface area contributed by atoms with E-state index in [1.807, 2.05) is 0 Å². The minimum absolute atomic E-state index is 0.0115. The number of carbonyl (C=O) groups excluding carboxylic acids is 1. The van der Waals surface area contributed by atoms with Gasteiger partial charge < -0.3 is 10.0 Å². The smallest absolute Gasteiger partial charge is 0.276 e. The van der Waals surface area contributed by atoms with Crippen molar-refractivity contribution in [3.05, 3.63) is 70.3 Å². The van der Waals surface area contributed by atoms with E-state index >= 15 is 0 Å². The largest absolute Gasteiger partial charge is 0.506 e. The summed E-state index contributed by atoms with van der Waals surface area (Å²) in [5.41, 5.74) is 1.52. The summed E-state index contributed by atoms with van der Waals surface area (Å²) in [5, 5.41) is 21.0. The van der Waals surface area contributed by atoms with Crippen molar-refractivity contribution in [2.24, 2.45) is 0 Å². The highest BCUT2D eigenvalue weighted by Gasteiger charge is 2.26. The zero-order chi connectivity index (χ0) is 16.4. The molecule has 0 fully saturated rings. The van der Waals surface area contributed by atoms with Crippen LogP contribution in [0.2, 0.25) is 0 Å². The van der Waals surface area contributed by atoms with Gasteiger partial charge in [0.2, 0.25) is 5.91 Å². The Morgan fingerprint density at radius 2 is 1.78 bits per heavy atom. The molecule has 1 aliphatic heterocycles. The van der Waals surface area contributed by atoms with Crippen LogP contribution in [0.15, 0.2) is 54.6 Å². The van der Waals surface area contributed by atoms with Crippen molar-refractivity contribution >= 4 is 22.9 Å². The summed E-state index contributed by atoms with van der Waals surface area (Å²) in [7, 11) is 0. The number of hydrogen-bond donors (Lipinski definition) is 1. The molecule has 1 amide bonds. The predicted molar refractivity (Wildman–Crippen MR) is 86.2 cm³/mol. The van der Waals surface area contributed by atoms with Crippen molar-refractivity contribution in [2.75, 3.05) is 11.4 Å². The van der Waals surface area contributed by atoms with Crippen LogP contribution in [0.4, 0.5) is 11.4 Å². The van der Waals surface area contributed by atoms with E-state index in [9.17, 15) is 20.0 Å². The molecule has 2 aromatic carbocycles. The van der Waals surface area contributed by atoms with Gasteiger partial charge in [0.25, 0.3) is 5.69 Å². The third kappa shape index (κ3) is 2.78. The Balaban J connectivity index is 1.94. The minimum atomic E-state index is -0.448. The van der Waals surface area contributed by atoms with Gasteiger partial charge in [-0.25, -0.2) is 0 Å². The molecule has 2 aromatic rings. The van der Waals surface area contributed by atoms with Crippen LogP contribution in [0.3, 0.4) is 0 Å². The number of anilines is 1. The van der Waals surface area contributed by atoms with Crippen LogP contribution in [-0.4, -0.2) is 22.5 Å². The van der Waals surface area contributed by atoms with Gasteiger partial charge >= 0.3 is 0 Å². The summed E-state index contributed by atoms with van der Waals surface area (Å²) in [6, 6.07) is 13.0. The molecule has 116 valence electrons. The molecule has 0 radical (unpaired) electrons. The van der Waals surface area contributed by atoms with Crippen LogP contribution < -0.4 is 4.90 Å². The molecular formula is C17H14N2O4. The Bertz CT molecular complexity index is 814. The number of hydrogen-bond acceptors (Lipinski definition) is 4. The first-order valence-corrected chi connectivity index (χ1v) is 7.09. The van der Waals surface area contributed by atoms with Crippen LogP contribution >= 0.6 is 0 Å². The van der Waals surface area contributed by atoms with E-state index in [1.54, 1.807) is 42.5 Å². The van der Waals surface area contributed by atoms with Crippen molar-refractivity contribution in [3.63, 3.8) is 0 Å². The van der Waals surface area contributed by atoms with E-state index in [2.05, 4.69) is 0 Å². The van der Waals surface area contributed by atoms with E-state index < -0.39 is 4.92 Å². The SMILES string of the molecule is O=C1CC(c2ccccc2[N+](=O)[O-])=CCN1c1ccccc1O. The highest BCUT2D eigenvalue weighted by atomic mass is 16.6. The monoisotopic (exact) mass is 310 g/mol. The number of amides is 1. The molecule has 0 saturated heterocycles. The van der Waals surface area contributed by atoms with E-state index in [4.69, 9.17) is 0 Å². The lowest BCUT2D eigenvalue weighted by Crippen LogP contribution is -2.34. The Kier molecular flexibility index (Phi) is 3.80. The fraction of sp³-hybridized carbons (Fsp3) is 0.118. The van der Waals surface area contributed by atoms with Crippen LogP contribution in [-0.2, 0) is 4.79 Å². The lowest BCUT2D eigenvalue weighted by atomic mass is 9.97. The molecule has 0 aromatic heterocycles. The Morgan fingerprint density at radius 3 is 2.48 bits per heavy atom. The lowest BCUT2D eigenvalue weighted by molar-refractivity contribution is -0.385. The zero-order valence-corrected chi connectivity index (χ0v) is 12.2. The van der Waals surface area contributed by atoms with Gasteiger partial charge in [-0.2, -0.15) is 0 Å². The Labute approximate surface area is 132 Å². The topological polar surface area (TPSA) is 83.7 Å². The molecular weight excluding hydrogens is 296 g/mol. The number of benzene rings is 2. The van der Waals surface area contributed by atoms with E-state index in [0.29, 0.717) is 16.8 Å². The van der Waals surface area contributed by atoms with Crippen molar-refractivity contribution in [1.29, 1.82) is 0 Å². The van der Waals surface area contributed by atoms with Gasteiger partial charge in [0.15, 0.2) is 0 Å². The average molecular weight is 310 g/mol. The maximum atomic E-state index is 12.4. The number of para-hydroxylation sites is 3. The first-order chi connectivity index (χ1) is 11.1. The first-order valence-electron chi connectivity index (χ1n) is 7.09. The summed E-state index contributed by atoms with van der Waals surface area (Å²) in [6.07, 6.45) is 1.84. The van der Waals surface area contributed by atoms with Gasteiger partial charge in [-0.15, -0.1) is 0 Å². The van der Waals surface area contributed by atoms with Crippen LogP contribution in [0.25, 0.3) is 5.57 Å². The first kappa shape index (κ1) is 14.8. The summed E-state index contributed by atoms with van der Waals surface area (Å²) in [6.45, 7) is 0.262. The van der Waals surface area contributed by atoms with Gasteiger partial charge in [-0.1, -0.05) is 30.3 Å². The normalized spacial score (nSPS) is 14.5. The molecule has 0 atom stereocenters. The maximum absolute atomic E-state index is 12.4. The molecule has 0 unspecified atom stereocenters. The van der Waals surface area contributed by atoms with Gasteiger partial charge in [0.05, 0.1) is 22.6 Å². The second-order valence-electron chi connectivity index (χ2n) is 5.17. The summed E-state index contributed by atoms with van der Waals surface area (Å²) >= 11 is 0. The Hall–Kier alpha value is -3.15. The van der Waals surface area contributed by atoms with Crippen molar-refractivity contribution in [1.82, 2.24) is 0 Å².